The first kappa shape index (κ1) is 16.5. The molecule has 4 nitrogen and oxygen atoms in total. The third-order valence-electron chi connectivity index (χ3n) is 5.83. The predicted octanol–water partition coefficient (Wildman–Crippen LogP) is 3.65. The van der Waals surface area contributed by atoms with E-state index in [1.807, 2.05) is 19.0 Å². The Morgan fingerprint density at radius 3 is 2.56 bits per heavy atom. The minimum atomic E-state index is -0.0303. The van der Waals surface area contributed by atoms with Crippen LogP contribution in [0.15, 0.2) is 29.1 Å². The van der Waals surface area contributed by atoms with Crippen LogP contribution in [0.3, 0.4) is 0 Å². The van der Waals surface area contributed by atoms with E-state index in [4.69, 9.17) is 4.98 Å². The van der Waals surface area contributed by atoms with Gasteiger partial charge < -0.3 is 9.88 Å². The van der Waals surface area contributed by atoms with Crippen LogP contribution >= 0.6 is 0 Å². The molecule has 0 amide bonds. The number of fused-ring (bicyclic) bond motifs is 4. The van der Waals surface area contributed by atoms with E-state index in [0.29, 0.717) is 6.54 Å². The highest BCUT2D eigenvalue weighted by Gasteiger charge is 2.42. The average Bonchev–Trinajstić information content (AvgIpc) is 2.80. The first-order chi connectivity index (χ1) is 12.1. The van der Waals surface area contributed by atoms with Gasteiger partial charge in [0, 0.05) is 11.0 Å². The van der Waals surface area contributed by atoms with E-state index < -0.39 is 0 Å². The molecular weight excluding hydrogens is 310 g/mol. The molecule has 1 heterocycles. The number of hydrogen-bond acceptors (Lipinski definition) is 3. The van der Waals surface area contributed by atoms with Gasteiger partial charge in [-0.3, -0.25) is 4.79 Å². The van der Waals surface area contributed by atoms with E-state index in [9.17, 15) is 4.79 Å². The molecule has 0 bridgehead atoms. The smallest absolute Gasteiger partial charge is 0.255 e. The van der Waals surface area contributed by atoms with Gasteiger partial charge in [0.2, 0.25) is 0 Å². The van der Waals surface area contributed by atoms with Crippen LogP contribution in [0.2, 0.25) is 0 Å². The zero-order valence-electron chi connectivity index (χ0n) is 15.3. The molecule has 1 saturated carbocycles. The van der Waals surface area contributed by atoms with Crippen LogP contribution in [0.1, 0.15) is 55.5 Å². The van der Waals surface area contributed by atoms with Crippen molar-refractivity contribution in [3.05, 3.63) is 51.6 Å². The normalized spacial score (nSPS) is 18.7. The molecule has 1 fully saturated rings. The molecule has 4 heteroatoms. The summed E-state index contributed by atoms with van der Waals surface area (Å²) in [6.45, 7) is 0.650. The topological polar surface area (TPSA) is 49.0 Å². The van der Waals surface area contributed by atoms with Crippen LogP contribution in [-0.2, 0) is 18.4 Å². The van der Waals surface area contributed by atoms with Crippen molar-refractivity contribution in [1.82, 2.24) is 14.9 Å². The lowest BCUT2D eigenvalue weighted by Crippen LogP contribution is -2.39. The molecule has 132 valence electrons. The lowest BCUT2D eigenvalue weighted by molar-refractivity contribution is 0.355. The lowest BCUT2D eigenvalue weighted by atomic mass is 9.65. The van der Waals surface area contributed by atoms with E-state index in [0.717, 1.165) is 41.9 Å². The van der Waals surface area contributed by atoms with Crippen molar-refractivity contribution in [3.63, 3.8) is 0 Å². The fourth-order valence-electron chi connectivity index (χ4n) is 4.77. The Morgan fingerprint density at radius 2 is 1.84 bits per heavy atom. The first-order valence-electron chi connectivity index (χ1n) is 9.46. The largest absolute Gasteiger partial charge is 0.309 e. The second kappa shape index (κ2) is 6.41. The van der Waals surface area contributed by atoms with Gasteiger partial charge in [-0.15, -0.1) is 0 Å². The third-order valence-corrected chi connectivity index (χ3v) is 5.83. The van der Waals surface area contributed by atoms with E-state index in [-0.39, 0.29) is 11.0 Å². The van der Waals surface area contributed by atoms with Crippen LogP contribution in [0.5, 0.6) is 0 Å². The molecule has 1 spiro atoms. The quantitative estimate of drug-likeness (QED) is 0.910. The molecule has 2 aromatic rings. The number of hydrogen-bond donors (Lipinski definition) is 1. The van der Waals surface area contributed by atoms with Gasteiger partial charge in [0.05, 0.1) is 17.8 Å². The second-order valence-electron chi connectivity index (χ2n) is 8.00. The fraction of sp³-hybridized carbons (Fsp3) is 0.524. The second-order valence-corrected chi connectivity index (χ2v) is 8.00. The summed E-state index contributed by atoms with van der Waals surface area (Å²) in [4.78, 5) is 23.2. The number of nitrogens with one attached hydrogen (secondary N) is 1. The number of benzene rings is 1. The summed E-state index contributed by atoms with van der Waals surface area (Å²) in [6.07, 6.45) is 8.17. The third kappa shape index (κ3) is 2.93. The molecule has 0 atom stereocenters. The van der Waals surface area contributed by atoms with Gasteiger partial charge in [-0.05, 0) is 38.9 Å². The summed E-state index contributed by atoms with van der Waals surface area (Å²) in [7, 11) is 4.00. The van der Waals surface area contributed by atoms with Crippen molar-refractivity contribution >= 4 is 0 Å². The summed E-state index contributed by atoms with van der Waals surface area (Å²) in [5, 5.41) is 0. The van der Waals surface area contributed by atoms with Crippen LogP contribution in [0.25, 0.3) is 11.3 Å². The maximum Gasteiger partial charge on any atom is 0.255 e. The zero-order valence-corrected chi connectivity index (χ0v) is 15.3. The Balaban J connectivity index is 1.94. The first-order valence-corrected chi connectivity index (χ1v) is 9.46. The molecule has 2 aliphatic carbocycles. The summed E-state index contributed by atoms with van der Waals surface area (Å²) in [5.74, 6) is 0.759. The van der Waals surface area contributed by atoms with Crippen LogP contribution in [0, 0.1) is 0 Å². The minimum Gasteiger partial charge on any atom is -0.309 e. The van der Waals surface area contributed by atoms with Crippen molar-refractivity contribution < 1.29 is 0 Å². The number of aromatic amines is 1. The number of nitrogens with zero attached hydrogens (tertiary/aromatic N) is 2. The van der Waals surface area contributed by atoms with Crippen LogP contribution < -0.4 is 5.56 Å². The van der Waals surface area contributed by atoms with Crippen LogP contribution in [-0.4, -0.2) is 29.0 Å². The van der Waals surface area contributed by atoms with Crippen molar-refractivity contribution in [2.75, 3.05) is 14.1 Å². The Kier molecular flexibility index (Phi) is 4.24. The Hall–Kier alpha value is -1.94. The molecule has 0 saturated heterocycles. The van der Waals surface area contributed by atoms with E-state index in [1.165, 1.54) is 31.2 Å². The van der Waals surface area contributed by atoms with Gasteiger partial charge in [-0.2, -0.15) is 0 Å². The minimum absolute atomic E-state index is 0.0303. The van der Waals surface area contributed by atoms with Crippen LogP contribution in [0.4, 0.5) is 0 Å². The molecule has 0 aliphatic heterocycles. The van der Waals surface area contributed by atoms with Gasteiger partial charge >= 0.3 is 0 Å². The standard InChI is InChI=1S/C21H27N3O/c1-24(2)14-17-22-19-16-10-6-5-9-15(16)13-21(18(19)20(25)23-17)11-7-3-4-8-12-21/h5-6,9-10H,3-4,7-8,11-14H2,1-2H3,(H,22,23,25). The Bertz CT molecular complexity index is 829. The van der Waals surface area contributed by atoms with Crippen molar-refractivity contribution in [2.24, 2.45) is 0 Å². The highest BCUT2D eigenvalue weighted by atomic mass is 16.1. The van der Waals surface area contributed by atoms with Crippen molar-refractivity contribution in [1.29, 1.82) is 0 Å². The zero-order chi connectivity index (χ0) is 17.4. The van der Waals surface area contributed by atoms with Gasteiger partial charge in [-0.1, -0.05) is 49.9 Å². The molecule has 1 N–H and O–H groups in total. The molecule has 4 rings (SSSR count). The highest BCUT2D eigenvalue weighted by Crippen LogP contribution is 2.47. The highest BCUT2D eigenvalue weighted by molar-refractivity contribution is 5.71. The summed E-state index contributed by atoms with van der Waals surface area (Å²) in [6, 6.07) is 8.52. The molecule has 0 radical (unpaired) electrons. The summed E-state index contributed by atoms with van der Waals surface area (Å²) in [5.41, 5.74) is 4.44. The van der Waals surface area contributed by atoms with Gasteiger partial charge in [-0.25, -0.2) is 4.98 Å². The SMILES string of the molecule is CN(C)Cc1nc2c(c(=O)[nH]1)C1(CCCCCC1)Cc1ccccc1-2. The Labute approximate surface area is 149 Å². The van der Waals surface area contributed by atoms with Crippen molar-refractivity contribution in [3.8, 4) is 11.3 Å². The number of rotatable bonds is 2. The summed E-state index contributed by atoms with van der Waals surface area (Å²) >= 11 is 0. The average molecular weight is 337 g/mol. The predicted molar refractivity (Wildman–Crippen MR) is 101 cm³/mol. The van der Waals surface area contributed by atoms with E-state index in [2.05, 4.69) is 29.2 Å². The maximum atomic E-state index is 13.1. The maximum absolute atomic E-state index is 13.1. The summed E-state index contributed by atoms with van der Waals surface area (Å²) < 4.78 is 0. The lowest BCUT2D eigenvalue weighted by Gasteiger charge is -2.38. The molecule has 1 aromatic carbocycles. The Morgan fingerprint density at radius 1 is 1.12 bits per heavy atom. The van der Waals surface area contributed by atoms with Crippen molar-refractivity contribution in [2.45, 2.75) is 56.9 Å². The molecule has 0 unspecified atom stereocenters. The number of H-pyrrole nitrogens is 1. The fourth-order valence-corrected chi connectivity index (χ4v) is 4.77. The van der Waals surface area contributed by atoms with Gasteiger partial charge in [0.1, 0.15) is 5.82 Å². The molecule has 2 aliphatic rings. The van der Waals surface area contributed by atoms with Gasteiger partial charge in [0.15, 0.2) is 0 Å². The number of aromatic nitrogens is 2. The molecule has 1 aromatic heterocycles. The van der Waals surface area contributed by atoms with Gasteiger partial charge in [0.25, 0.3) is 5.56 Å². The monoisotopic (exact) mass is 337 g/mol. The van der Waals surface area contributed by atoms with E-state index in [1.54, 1.807) is 0 Å². The molecular formula is C21H27N3O. The van der Waals surface area contributed by atoms with E-state index >= 15 is 0 Å². The molecule has 25 heavy (non-hydrogen) atoms.